The van der Waals surface area contributed by atoms with Crippen molar-refractivity contribution in [3.05, 3.63) is 46.1 Å². The zero-order valence-electron chi connectivity index (χ0n) is 13.2. The third kappa shape index (κ3) is 3.42. The first-order valence-electron chi connectivity index (χ1n) is 7.64. The standard InChI is InChI=1S/C16H14ClN3O3S2/c1-9-2-5-13(12(17)6-9)20-25(21,22)14-7-11(8-24-14)15-18-16(23-19-15)10-3-4-10/h2,5-8,10,20H,3-4H2,1H3. The van der Waals surface area contributed by atoms with E-state index >= 15 is 0 Å². The van der Waals surface area contributed by atoms with E-state index in [0.717, 1.165) is 29.7 Å². The van der Waals surface area contributed by atoms with E-state index in [1.54, 1.807) is 23.6 Å². The lowest BCUT2D eigenvalue weighted by Crippen LogP contribution is -2.11. The minimum atomic E-state index is -3.74. The number of rotatable bonds is 5. The third-order valence-electron chi connectivity index (χ3n) is 3.84. The molecular formula is C16H14ClN3O3S2. The van der Waals surface area contributed by atoms with Gasteiger partial charge in [-0.05, 0) is 43.5 Å². The summed E-state index contributed by atoms with van der Waals surface area (Å²) in [6, 6.07) is 6.68. The van der Waals surface area contributed by atoms with Gasteiger partial charge in [-0.3, -0.25) is 4.72 Å². The Hall–Kier alpha value is -1.90. The summed E-state index contributed by atoms with van der Waals surface area (Å²) in [5.74, 6) is 1.39. The van der Waals surface area contributed by atoms with Crippen LogP contribution in [0.25, 0.3) is 11.4 Å². The molecule has 0 radical (unpaired) electrons. The molecule has 1 fully saturated rings. The Bertz CT molecular complexity index is 1040. The molecule has 1 aliphatic carbocycles. The van der Waals surface area contributed by atoms with Crippen molar-refractivity contribution in [1.82, 2.24) is 10.1 Å². The number of benzene rings is 1. The molecule has 1 N–H and O–H groups in total. The molecule has 0 amide bonds. The number of nitrogens with one attached hydrogen (secondary N) is 1. The summed E-state index contributed by atoms with van der Waals surface area (Å²) in [5.41, 5.74) is 1.92. The van der Waals surface area contributed by atoms with Gasteiger partial charge in [0.25, 0.3) is 10.0 Å². The van der Waals surface area contributed by atoms with Crippen molar-refractivity contribution < 1.29 is 12.9 Å². The molecule has 130 valence electrons. The normalized spacial score (nSPS) is 14.6. The quantitative estimate of drug-likeness (QED) is 0.690. The first-order valence-corrected chi connectivity index (χ1v) is 10.4. The molecule has 1 saturated carbocycles. The molecule has 25 heavy (non-hydrogen) atoms. The zero-order chi connectivity index (χ0) is 17.6. The van der Waals surface area contributed by atoms with Crippen LogP contribution in [0.2, 0.25) is 5.02 Å². The summed E-state index contributed by atoms with van der Waals surface area (Å²) in [6.07, 6.45) is 2.12. The lowest BCUT2D eigenvalue weighted by molar-refractivity contribution is 0.380. The topological polar surface area (TPSA) is 85.1 Å². The molecule has 0 bridgehead atoms. The van der Waals surface area contributed by atoms with Crippen LogP contribution in [0.15, 0.2) is 38.4 Å². The van der Waals surface area contributed by atoms with Gasteiger partial charge in [0.15, 0.2) is 0 Å². The maximum atomic E-state index is 12.6. The molecule has 0 aliphatic heterocycles. The van der Waals surface area contributed by atoms with Crippen LogP contribution in [-0.2, 0) is 10.0 Å². The van der Waals surface area contributed by atoms with E-state index in [1.807, 2.05) is 6.92 Å². The minimum absolute atomic E-state index is 0.164. The fourth-order valence-electron chi connectivity index (χ4n) is 2.32. The van der Waals surface area contributed by atoms with Crippen molar-refractivity contribution in [3.63, 3.8) is 0 Å². The average Bonchev–Trinajstić information content (AvgIpc) is 3.09. The van der Waals surface area contributed by atoms with Crippen molar-refractivity contribution in [2.45, 2.75) is 29.9 Å². The van der Waals surface area contributed by atoms with E-state index in [1.165, 1.54) is 6.07 Å². The van der Waals surface area contributed by atoms with Crippen molar-refractivity contribution in [2.75, 3.05) is 4.72 Å². The van der Waals surface area contributed by atoms with E-state index in [2.05, 4.69) is 14.9 Å². The lowest BCUT2D eigenvalue weighted by atomic mass is 10.2. The number of aromatic nitrogens is 2. The lowest BCUT2D eigenvalue weighted by Gasteiger charge is -2.08. The van der Waals surface area contributed by atoms with Crippen LogP contribution in [0.4, 0.5) is 5.69 Å². The molecule has 3 aromatic rings. The van der Waals surface area contributed by atoms with Gasteiger partial charge in [0, 0.05) is 16.9 Å². The first kappa shape index (κ1) is 16.6. The smallest absolute Gasteiger partial charge is 0.271 e. The number of sulfonamides is 1. The Morgan fingerprint density at radius 1 is 1.32 bits per heavy atom. The summed E-state index contributed by atoms with van der Waals surface area (Å²) in [7, 11) is -3.74. The van der Waals surface area contributed by atoms with E-state index < -0.39 is 10.0 Å². The highest BCUT2D eigenvalue weighted by molar-refractivity contribution is 7.94. The molecule has 2 heterocycles. The molecule has 0 atom stereocenters. The highest BCUT2D eigenvalue weighted by Gasteiger charge is 2.30. The largest absolute Gasteiger partial charge is 0.339 e. The van der Waals surface area contributed by atoms with Crippen LogP contribution in [0.1, 0.15) is 30.2 Å². The van der Waals surface area contributed by atoms with E-state index in [0.29, 0.717) is 33.9 Å². The molecular weight excluding hydrogens is 382 g/mol. The Morgan fingerprint density at radius 2 is 2.12 bits per heavy atom. The fourth-order valence-corrected chi connectivity index (χ4v) is 4.90. The van der Waals surface area contributed by atoms with E-state index in [9.17, 15) is 8.42 Å². The molecule has 6 nitrogen and oxygen atoms in total. The average molecular weight is 396 g/mol. The summed E-state index contributed by atoms with van der Waals surface area (Å²) in [4.78, 5) is 4.34. The van der Waals surface area contributed by atoms with Gasteiger partial charge in [-0.25, -0.2) is 8.42 Å². The number of thiophene rings is 1. The molecule has 0 saturated heterocycles. The summed E-state index contributed by atoms with van der Waals surface area (Å²) < 4.78 is 33.1. The van der Waals surface area contributed by atoms with Gasteiger partial charge in [-0.15, -0.1) is 11.3 Å². The monoisotopic (exact) mass is 395 g/mol. The van der Waals surface area contributed by atoms with Crippen molar-refractivity contribution in [2.24, 2.45) is 0 Å². The molecule has 2 aromatic heterocycles. The van der Waals surface area contributed by atoms with Crippen LogP contribution >= 0.6 is 22.9 Å². The number of nitrogens with zero attached hydrogens (tertiary/aromatic N) is 2. The minimum Gasteiger partial charge on any atom is -0.339 e. The van der Waals surface area contributed by atoms with Gasteiger partial charge in [-0.1, -0.05) is 22.8 Å². The zero-order valence-corrected chi connectivity index (χ0v) is 15.6. The van der Waals surface area contributed by atoms with Crippen LogP contribution in [-0.4, -0.2) is 18.6 Å². The highest BCUT2D eigenvalue weighted by Crippen LogP contribution is 2.40. The van der Waals surface area contributed by atoms with E-state index in [4.69, 9.17) is 16.1 Å². The number of anilines is 1. The summed E-state index contributed by atoms with van der Waals surface area (Å²) in [6.45, 7) is 1.89. The first-order chi connectivity index (χ1) is 11.9. The van der Waals surface area contributed by atoms with Crippen LogP contribution in [0.5, 0.6) is 0 Å². The number of hydrogen-bond acceptors (Lipinski definition) is 6. The van der Waals surface area contributed by atoms with Crippen molar-refractivity contribution >= 4 is 38.6 Å². The molecule has 9 heteroatoms. The predicted molar refractivity (Wildman–Crippen MR) is 96.6 cm³/mol. The second-order valence-electron chi connectivity index (χ2n) is 5.97. The van der Waals surface area contributed by atoms with Gasteiger partial charge in [0.2, 0.25) is 11.7 Å². The molecule has 0 spiro atoms. The third-order valence-corrected chi connectivity index (χ3v) is 6.95. The van der Waals surface area contributed by atoms with Gasteiger partial charge in [-0.2, -0.15) is 4.98 Å². The van der Waals surface area contributed by atoms with Crippen LogP contribution in [0.3, 0.4) is 0 Å². The van der Waals surface area contributed by atoms with Crippen LogP contribution in [0, 0.1) is 6.92 Å². The highest BCUT2D eigenvalue weighted by atomic mass is 35.5. The summed E-state index contributed by atoms with van der Waals surface area (Å²) in [5, 5.41) is 5.99. The van der Waals surface area contributed by atoms with Gasteiger partial charge in [0.1, 0.15) is 4.21 Å². The Balaban J connectivity index is 1.59. The Labute approximate surface area is 153 Å². The predicted octanol–water partition coefficient (Wildman–Crippen LogP) is 4.44. The Morgan fingerprint density at radius 3 is 2.84 bits per heavy atom. The van der Waals surface area contributed by atoms with Gasteiger partial charge in [0.05, 0.1) is 10.7 Å². The number of aryl methyl sites for hydroxylation is 1. The van der Waals surface area contributed by atoms with Gasteiger partial charge < -0.3 is 4.52 Å². The van der Waals surface area contributed by atoms with Crippen molar-refractivity contribution in [3.8, 4) is 11.4 Å². The van der Waals surface area contributed by atoms with Gasteiger partial charge >= 0.3 is 0 Å². The molecule has 1 aromatic carbocycles. The molecule has 0 unspecified atom stereocenters. The fraction of sp³-hybridized carbons (Fsp3) is 0.250. The Kier molecular flexibility index (Phi) is 4.05. The van der Waals surface area contributed by atoms with Crippen LogP contribution < -0.4 is 4.72 Å². The second-order valence-corrected chi connectivity index (χ2v) is 9.20. The SMILES string of the molecule is Cc1ccc(NS(=O)(=O)c2cc(-c3noc(C4CC4)n3)cs2)c(Cl)c1. The molecule has 4 rings (SSSR count). The summed E-state index contributed by atoms with van der Waals surface area (Å²) >= 11 is 7.20. The maximum absolute atomic E-state index is 12.6. The number of hydrogen-bond donors (Lipinski definition) is 1. The van der Waals surface area contributed by atoms with E-state index in [-0.39, 0.29) is 4.21 Å². The number of halogens is 1. The van der Waals surface area contributed by atoms with Crippen molar-refractivity contribution in [1.29, 1.82) is 0 Å². The maximum Gasteiger partial charge on any atom is 0.271 e. The second kappa shape index (κ2) is 6.12. The molecule has 1 aliphatic rings.